The Bertz CT molecular complexity index is 1040. The van der Waals surface area contributed by atoms with Gasteiger partial charge in [0.05, 0.1) is 6.26 Å². The molecule has 0 radical (unpaired) electrons. The maximum Gasteiger partial charge on any atom is 0.453 e. The lowest BCUT2D eigenvalue weighted by molar-refractivity contribution is -0.146. The first kappa shape index (κ1) is 15.6. The van der Waals surface area contributed by atoms with Crippen molar-refractivity contribution in [2.45, 2.75) is 16.4 Å². The van der Waals surface area contributed by atoms with Crippen LogP contribution in [0, 0.1) is 0 Å². The maximum absolute atomic E-state index is 12.9. The molecule has 0 aliphatic carbocycles. The van der Waals surface area contributed by atoms with E-state index in [1.807, 2.05) is 0 Å². The molecule has 0 N–H and O–H groups in total. The first-order valence-corrected chi connectivity index (χ1v) is 7.66. The van der Waals surface area contributed by atoms with Gasteiger partial charge in [0.2, 0.25) is 0 Å². The normalized spacial score (nSPS) is 12.2. The van der Waals surface area contributed by atoms with Crippen molar-refractivity contribution >= 4 is 17.4 Å². The molecule has 4 aromatic heterocycles. The third-order valence-corrected chi connectivity index (χ3v) is 4.23. The third kappa shape index (κ3) is 2.73. The predicted octanol–water partition coefficient (Wildman–Crippen LogP) is 2.68. The highest BCUT2D eigenvalue weighted by Gasteiger charge is 2.37. The molecule has 4 aromatic rings. The number of nitrogens with zero attached hydrogens (tertiary/aromatic N) is 7. The zero-order valence-electron chi connectivity index (χ0n) is 12.5. The van der Waals surface area contributed by atoms with Gasteiger partial charge in [0, 0.05) is 7.05 Å². The van der Waals surface area contributed by atoms with E-state index in [4.69, 9.17) is 4.42 Å². The van der Waals surface area contributed by atoms with Crippen LogP contribution in [-0.4, -0.2) is 34.6 Å². The van der Waals surface area contributed by atoms with Gasteiger partial charge in [-0.15, -0.1) is 20.4 Å². The Hall–Kier alpha value is -2.89. The lowest BCUT2D eigenvalue weighted by Gasteiger charge is -2.05. The smallest absolute Gasteiger partial charge is 0.453 e. The van der Waals surface area contributed by atoms with E-state index in [9.17, 15) is 13.2 Å². The highest BCUT2D eigenvalue weighted by atomic mass is 32.2. The minimum Gasteiger partial charge on any atom is -0.461 e. The van der Waals surface area contributed by atoms with Crippen LogP contribution >= 0.6 is 11.8 Å². The lowest BCUT2D eigenvalue weighted by atomic mass is 10.4. The van der Waals surface area contributed by atoms with Gasteiger partial charge in [-0.3, -0.25) is 0 Å². The van der Waals surface area contributed by atoms with Crippen LogP contribution in [0.3, 0.4) is 0 Å². The summed E-state index contributed by atoms with van der Waals surface area (Å²) in [6.45, 7) is 0. The van der Waals surface area contributed by atoms with Crippen molar-refractivity contribution in [2.75, 3.05) is 0 Å². The molecule has 0 aliphatic rings. The molecule has 25 heavy (non-hydrogen) atoms. The average molecular weight is 367 g/mol. The van der Waals surface area contributed by atoms with Gasteiger partial charge in [-0.2, -0.15) is 22.8 Å². The van der Waals surface area contributed by atoms with Crippen LogP contribution in [0.4, 0.5) is 13.2 Å². The fourth-order valence-corrected chi connectivity index (χ4v) is 2.87. The van der Waals surface area contributed by atoms with Gasteiger partial charge in [0.25, 0.3) is 5.82 Å². The zero-order chi connectivity index (χ0) is 17.6. The number of halogens is 3. The van der Waals surface area contributed by atoms with E-state index in [-0.39, 0.29) is 5.65 Å². The van der Waals surface area contributed by atoms with Crippen LogP contribution in [0.5, 0.6) is 0 Å². The highest BCUT2D eigenvalue weighted by molar-refractivity contribution is 7.99. The van der Waals surface area contributed by atoms with Gasteiger partial charge in [0.1, 0.15) is 5.03 Å². The number of furan rings is 1. The molecule has 0 bridgehead atoms. The number of fused-ring (bicyclic) bond motifs is 1. The summed E-state index contributed by atoms with van der Waals surface area (Å²) >= 11 is 1.06. The topological polar surface area (TPSA) is 86.9 Å². The summed E-state index contributed by atoms with van der Waals surface area (Å²) in [7, 11) is 1.72. The Kier molecular flexibility index (Phi) is 3.49. The van der Waals surface area contributed by atoms with E-state index in [0.717, 1.165) is 11.8 Å². The van der Waals surface area contributed by atoms with E-state index < -0.39 is 12.0 Å². The van der Waals surface area contributed by atoms with E-state index >= 15 is 0 Å². The summed E-state index contributed by atoms with van der Waals surface area (Å²) < 4.78 is 46.4. The summed E-state index contributed by atoms with van der Waals surface area (Å²) in [6.07, 6.45) is -3.13. The van der Waals surface area contributed by atoms with E-state index in [1.54, 1.807) is 23.7 Å². The van der Waals surface area contributed by atoms with Crippen LogP contribution in [0.25, 0.3) is 17.2 Å². The summed E-state index contributed by atoms with van der Waals surface area (Å²) in [5.74, 6) is -0.156. The highest BCUT2D eigenvalue weighted by Crippen LogP contribution is 2.30. The van der Waals surface area contributed by atoms with Crippen LogP contribution in [0.2, 0.25) is 0 Å². The van der Waals surface area contributed by atoms with Crippen LogP contribution in [-0.2, 0) is 13.2 Å². The van der Waals surface area contributed by atoms with Crippen molar-refractivity contribution in [3.05, 3.63) is 36.4 Å². The predicted molar refractivity (Wildman–Crippen MR) is 78.6 cm³/mol. The lowest BCUT2D eigenvalue weighted by Crippen LogP contribution is -2.12. The number of rotatable bonds is 3. The molecule has 4 rings (SSSR count). The first-order valence-electron chi connectivity index (χ1n) is 6.84. The van der Waals surface area contributed by atoms with Crippen molar-refractivity contribution in [1.29, 1.82) is 0 Å². The van der Waals surface area contributed by atoms with Crippen molar-refractivity contribution < 1.29 is 17.6 Å². The molecule has 0 spiro atoms. The Morgan fingerprint density at radius 2 is 1.92 bits per heavy atom. The van der Waals surface area contributed by atoms with Gasteiger partial charge in [-0.25, -0.2) is 0 Å². The average Bonchev–Trinajstić information content (AvgIpc) is 3.27. The first-order chi connectivity index (χ1) is 11.9. The van der Waals surface area contributed by atoms with Gasteiger partial charge in [0.15, 0.2) is 22.4 Å². The summed E-state index contributed by atoms with van der Waals surface area (Å²) in [5.41, 5.74) is 0.00548. The molecule has 128 valence electrons. The molecular formula is C13H8F3N7OS. The third-order valence-electron chi connectivity index (χ3n) is 3.26. The summed E-state index contributed by atoms with van der Waals surface area (Å²) in [5, 5.41) is 19.3. The Morgan fingerprint density at radius 3 is 2.64 bits per heavy atom. The largest absolute Gasteiger partial charge is 0.461 e. The minimum atomic E-state index is -4.65. The quantitative estimate of drug-likeness (QED) is 0.550. The molecular weight excluding hydrogens is 359 g/mol. The molecule has 0 saturated heterocycles. The molecule has 0 aromatic carbocycles. The van der Waals surface area contributed by atoms with Crippen molar-refractivity contribution in [3.63, 3.8) is 0 Å². The number of hydrogen-bond acceptors (Lipinski definition) is 7. The zero-order valence-corrected chi connectivity index (χ0v) is 13.3. The summed E-state index contributed by atoms with van der Waals surface area (Å²) in [4.78, 5) is 0. The monoisotopic (exact) mass is 367 g/mol. The van der Waals surface area contributed by atoms with Crippen molar-refractivity contribution in [2.24, 2.45) is 7.05 Å². The fourth-order valence-electron chi connectivity index (χ4n) is 2.12. The second kappa shape index (κ2) is 5.58. The molecule has 0 aliphatic heterocycles. The Morgan fingerprint density at radius 1 is 1.08 bits per heavy atom. The summed E-state index contributed by atoms with van der Waals surface area (Å²) in [6, 6.07) is 6.39. The Labute approximate surface area is 141 Å². The molecule has 0 amide bonds. The standard InChI is InChI=1S/C13H8F3N7OS/c1-22-10(7-3-2-6-24-7)18-20-12(22)25-9-5-4-8-17-19-11(13(14,15)16)23(8)21-9/h2-6H,1H3. The van der Waals surface area contributed by atoms with E-state index in [1.165, 1.54) is 18.4 Å². The Balaban J connectivity index is 1.70. The van der Waals surface area contributed by atoms with Gasteiger partial charge >= 0.3 is 6.18 Å². The maximum atomic E-state index is 12.9. The van der Waals surface area contributed by atoms with E-state index in [0.29, 0.717) is 26.3 Å². The SMILES string of the molecule is Cn1c(Sc2ccc3nnc(C(F)(F)F)n3n2)nnc1-c1ccco1. The van der Waals surface area contributed by atoms with Crippen molar-refractivity contribution in [1.82, 2.24) is 34.6 Å². The second-order valence-electron chi connectivity index (χ2n) is 4.91. The van der Waals surface area contributed by atoms with Gasteiger partial charge < -0.3 is 8.98 Å². The number of hydrogen-bond donors (Lipinski definition) is 0. The van der Waals surface area contributed by atoms with Gasteiger partial charge in [-0.05, 0) is 36.0 Å². The van der Waals surface area contributed by atoms with Crippen LogP contribution in [0.1, 0.15) is 5.82 Å². The number of aromatic nitrogens is 7. The molecule has 8 nitrogen and oxygen atoms in total. The molecule has 0 atom stereocenters. The molecule has 0 saturated carbocycles. The fraction of sp³-hybridized carbons (Fsp3) is 0.154. The van der Waals surface area contributed by atoms with Crippen LogP contribution < -0.4 is 0 Å². The van der Waals surface area contributed by atoms with E-state index in [2.05, 4.69) is 25.5 Å². The molecule has 0 unspecified atom stereocenters. The van der Waals surface area contributed by atoms with Crippen LogP contribution in [0.15, 0.2) is 45.1 Å². The molecule has 0 fully saturated rings. The van der Waals surface area contributed by atoms with Crippen molar-refractivity contribution in [3.8, 4) is 11.6 Å². The molecule has 4 heterocycles. The van der Waals surface area contributed by atoms with Gasteiger partial charge in [-0.1, -0.05) is 0 Å². The minimum absolute atomic E-state index is 0.00548. The number of alkyl halides is 3. The second-order valence-corrected chi connectivity index (χ2v) is 5.90. The molecule has 12 heteroatoms.